The fourth-order valence-corrected chi connectivity index (χ4v) is 5.57. The van der Waals surface area contributed by atoms with Crippen LogP contribution in [0.15, 0.2) is 23.1 Å². The molecule has 0 spiro atoms. The molecule has 3 aliphatic rings. The molecular weight excluding hydrogens is 376 g/mol. The van der Waals surface area contributed by atoms with Crippen molar-refractivity contribution in [3.05, 3.63) is 18.2 Å². The Bertz CT molecular complexity index is 714. The second-order valence-corrected chi connectivity index (χ2v) is 9.04. The van der Waals surface area contributed by atoms with Gasteiger partial charge in [0.2, 0.25) is 10.0 Å². The molecule has 26 heavy (non-hydrogen) atoms. The van der Waals surface area contributed by atoms with Gasteiger partial charge in [0.1, 0.15) is 0 Å². The van der Waals surface area contributed by atoms with Gasteiger partial charge in [0, 0.05) is 31.6 Å². The van der Waals surface area contributed by atoms with Crippen molar-refractivity contribution < 1.29 is 17.9 Å². The van der Waals surface area contributed by atoms with Crippen LogP contribution in [-0.4, -0.2) is 51.6 Å². The SMILES string of the molecule is Cl.O=S(=O)(c1ccc2c(c1)OCCCO2)N1CCC(C2CCCN2)CC1. The Kier molecular flexibility index (Phi) is 6.33. The third-order valence-electron chi connectivity index (χ3n) is 5.52. The average Bonchev–Trinajstić information content (AvgIpc) is 3.07. The number of fused-ring (bicyclic) bond motifs is 1. The van der Waals surface area contributed by atoms with E-state index in [2.05, 4.69) is 5.32 Å². The third-order valence-corrected chi connectivity index (χ3v) is 7.42. The van der Waals surface area contributed by atoms with Crippen LogP contribution < -0.4 is 14.8 Å². The minimum absolute atomic E-state index is 0. The zero-order valence-electron chi connectivity index (χ0n) is 14.9. The first-order valence-electron chi connectivity index (χ1n) is 9.28. The summed E-state index contributed by atoms with van der Waals surface area (Å²) in [5.74, 6) is 1.75. The summed E-state index contributed by atoms with van der Waals surface area (Å²) in [6.45, 7) is 3.44. The fraction of sp³-hybridized carbons (Fsp3) is 0.667. The lowest BCUT2D eigenvalue weighted by molar-refractivity contribution is 0.234. The van der Waals surface area contributed by atoms with Gasteiger partial charge in [-0.25, -0.2) is 8.42 Å². The maximum atomic E-state index is 13.0. The zero-order chi connectivity index (χ0) is 17.3. The molecule has 1 atom stereocenters. The van der Waals surface area contributed by atoms with Gasteiger partial charge in [-0.05, 0) is 50.3 Å². The Morgan fingerprint density at radius 1 is 1.00 bits per heavy atom. The molecule has 1 aromatic rings. The molecule has 0 bridgehead atoms. The molecule has 2 saturated heterocycles. The van der Waals surface area contributed by atoms with Crippen molar-refractivity contribution in [3.8, 4) is 11.5 Å². The summed E-state index contributed by atoms with van der Waals surface area (Å²) in [6, 6.07) is 5.53. The monoisotopic (exact) mass is 402 g/mol. The van der Waals surface area contributed by atoms with Crippen molar-refractivity contribution in [2.24, 2.45) is 5.92 Å². The Morgan fingerprint density at radius 3 is 2.42 bits per heavy atom. The largest absolute Gasteiger partial charge is 0.490 e. The van der Waals surface area contributed by atoms with E-state index < -0.39 is 10.0 Å². The van der Waals surface area contributed by atoms with Crippen molar-refractivity contribution >= 4 is 22.4 Å². The van der Waals surface area contributed by atoms with E-state index in [1.54, 1.807) is 22.5 Å². The third kappa shape index (κ3) is 3.96. The van der Waals surface area contributed by atoms with Crippen LogP contribution in [0.4, 0.5) is 0 Å². The van der Waals surface area contributed by atoms with Gasteiger partial charge in [-0.1, -0.05) is 0 Å². The van der Waals surface area contributed by atoms with Crippen LogP contribution in [0.25, 0.3) is 0 Å². The number of benzene rings is 1. The minimum atomic E-state index is -3.48. The summed E-state index contributed by atoms with van der Waals surface area (Å²) >= 11 is 0. The molecule has 8 heteroatoms. The number of hydrogen-bond acceptors (Lipinski definition) is 5. The van der Waals surface area contributed by atoms with Gasteiger partial charge in [-0.2, -0.15) is 4.31 Å². The number of ether oxygens (including phenoxy) is 2. The maximum absolute atomic E-state index is 13.0. The van der Waals surface area contributed by atoms with Crippen LogP contribution in [-0.2, 0) is 10.0 Å². The molecule has 2 fully saturated rings. The second kappa shape index (κ2) is 8.33. The van der Waals surface area contributed by atoms with E-state index in [9.17, 15) is 8.42 Å². The van der Waals surface area contributed by atoms with E-state index in [0.29, 0.717) is 54.7 Å². The first-order chi connectivity index (χ1) is 12.1. The Morgan fingerprint density at radius 2 is 1.73 bits per heavy atom. The Hall–Kier alpha value is -1.02. The number of piperidine rings is 1. The molecule has 1 N–H and O–H groups in total. The lowest BCUT2D eigenvalue weighted by atomic mass is 9.89. The van der Waals surface area contributed by atoms with E-state index in [-0.39, 0.29) is 12.4 Å². The van der Waals surface area contributed by atoms with E-state index in [4.69, 9.17) is 9.47 Å². The van der Waals surface area contributed by atoms with Crippen molar-refractivity contribution in [1.29, 1.82) is 0 Å². The molecule has 0 saturated carbocycles. The number of nitrogens with zero attached hydrogens (tertiary/aromatic N) is 1. The highest BCUT2D eigenvalue weighted by Crippen LogP contribution is 2.34. The molecule has 3 heterocycles. The molecule has 6 nitrogen and oxygen atoms in total. The summed E-state index contributed by atoms with van der Waals surface area (Å²) in [7, 11) is -3.48. The summed E-state index contributed by atoms with van der Waals surface area (Å²) in [5.41, 5.74) is 0. The molecule has 0 amide bonds. The lowest BCUT2D eigenvalue weighted by Crippen LogP contribution is -2.43. The van der Waals surface area contributed by atoms with Crippen LogP contribution in [0, 0.1) is 5.92 Å². The molecule has 4 rings (SSSR count). The summed E-state index contributed by atoms with van der Waals surface area (Å²) in [5, 5.41) is 3.55. The fourth-order valence-electron chi connectivity index (χ4n) is 4.09. The van der Waals surface area contributed by atoms with E-state index >= 15 is 0 Å². The molecule has 146 valence electrons. The van der Waals surface area contributed by atoms with Crippen molar-refractivity contribution in [2.45, 2.75) is 43.0 Å². The highest BCUT2D eigenvalue weighted by atomic mass is 35.5. The van der Waals surface area contributed by atoms with E-state index in [0.717, 1.165) is 25.8 Å². The Balaban J connectivity index is 0.00000196. The number of halogens is 1. The number of sulfonamides is 1. The molecule has 0 aromatic heterocycles. The average molecular weight is 403 g/mol. The van der Waals surface area contributed by atoms with Gasteiger partial charge >= 0.3 is 0 Å². The van der Waals surface area contributed by atoms with Gasteiger partial charge < -0.3 is 14.8 Å². The Labute approximate surface area is 161 Å². The quantitative estimate of drug-likeness (QED) is 0.840. The predicted molar refractivity (Wildman–Crippen MR) is 102 cm³/mol. The van der Waals surface area contributed by atoms with Gasteiger partial charge in [-0.15, -0.1) is 12.4 Å². The molecule has 3 aliphatic heterocycles. The van der Waals surface area contributed by atoms with Crippen molar-refractivity contribution in [2.75, 3.05) is 32.8 Å². The zero-order valence-corrected chi connectivity index (χ0v) is 16.5. The standard InChI is InChI=1S/C18H26N2O4S.ClH/c21-25(22,15-4-5-17-18(13-15)24-12-2-11-23-17)20-9-6-14(7-10-20)16-3-1-8-19-16;/h4-5,13-14,16,19H,1-3,6-12H2;1H. The molecule has 1 aromatic carbocycles. The molecular formula is C18H27ClN2O4S. The van der Waals surface area contributed by atoms with Crippen molar-refractivity contribution in [3.63, 3.8) is 0 Å². The van der Waals surface area contributed by atoms with Crippen LogP contribution in [0.1, 0.15) is 32.1 Å². The summed E-state index contributed by atoms with van der Waals surface area (Å²) in [6.07, 6.45) is 5.13. The van der Waals surface area contributed by atoms with Crippen LogP contribution >= 0.6 is 12.4 Å². The smallest absolute Gasteiger partial charge is 0.243 e. The first kappa shape index (κ1) is 19.7. The van der Waals surface area contributed by atoms with Gasteiger partial charge in [0.25, 0.3) is 0 Å². The van der Waals surface area contributed by atoms with Gasteiger partial charge in [0.15, 0.2) is 11.5 Å². The number of hydrogen-bond donors (Lipinski definition) is 1. The number of rotatable bonds is 3. The minimum Gasteiger partial charge on any atom is -0.490 e. The van der Waals surface area contributed by atoms with Gasteiger partial charge in [0.05, 0.1) is 18.1 Å². The maximum Gasteiger partial charge on any atom is 0.243 e. The van der Waals surface area contributed by atoms with Crippen LogP contribution in [0.3, 0.4) is 0 Å². The van der Waals surface area contributed by atoms with Crippen LogP contribution in [0.5, 0.6) is 11.5 Å². The first-order valence-corrected chi connectivity index (χ1v) is 10.7. The lowest BCUT2D eigenvalue weighted by Gasteiger charge is -2.34. The summed E-state index contributed by atoms with van der Waals surface area (Å²) < 4.78 is 38.9. The summed E-state index contributed by atoms with van der Waals surface area (Å²) in [4.78, 5) is 0.300. The van der Waals surface area contributed by atoms with Crippen molar-refractivity contribution in [1.82, 2.24) is 9.62 Å². The number of nitrogens with one attached hydrogen (secondary N) is 1. The molecule has 1 unspecified atom stereocenters. The topological polar surface area (TPSA) is 67.9 Å². The predicted octanol–water partition coefficient (Wildman–Crippen LogP) is 2.42. The van der Waals surface area contributed by atoms with Crippen LogP contribution in [0.2, 0.25) is 0 Å². The van der Waals surface area contributed by atoms with E-state index in [1.807, 2.05) is 0 Å². The normalized spacial score (nSPS) is 24.7. The second-order valence-electron chi connectivity index (χ2n) is 7.10. The van der Waals surface area contributed by atoms with E-state index in [1.165, 1.54) is 12.8 Å². The van der Waals surface area contributed by atoms with Gasteiger partial charge in [-0.3, -0.25) is 0 Å². The molecule has 0 aliphatic carbocycles. The molecule has 0 radical (unpaired) electrons. The highest BCUT2D eigenvalue weighted by Gasteiger charge is 2.33. The highest BCUT2D eigenvalue weighted by molar-refractivity contribution is 7.89.